The fraction of sp³-hybridized carbons (Fsp3) is 0.667. The summed E-state index contributed by atoms with van der Waals surface area (Å²) >= 11 is 0. The van der Waals surface area contributed by atoms with E-state index in [1.165, 1.54) is 186 Å². The lowest BCUT2D eigenvalue weighted by molar-refractivity contribution is -0.151. The van der Waals surface area contributed by atoms with Gasteiger partial charge in [0.25, 0.3) is 0 Å². The molecule has 2 aliphatic rings. The molecule has 2 atom stereocenters. The molecule has 0 saturated carbocycles. The third-order valence-electron chi connectivity index (χ3n) is 15.8. The molecule has 428 valence electrons. The van der Waals surface area contributed by atoms with Gasteiger partial charge in [0.05, 0.1) is 0 Å². The van der Waals surface area contributed by atoms with Gasteiger partial charge in [-0.05, 0) is 89.2 Å². The summed E-state index contributed by atoms with van der Waals surface area (Å²) in [6.07, 6.45) is 68.6. The second-order valence-electron chi connectivity index (χ2n) is 24.6. The van der Waals surface area contributed by atoms with Crippen LogP contribution in [0, 0.1) is 10.8 Å². The number of rotatable bonds is 40. The third-order valence-corrected chi connectivity index (χ3v) is 15.8. The lowest BCUT2D eigenvalue weighted by Gasteiger charge is -2.37. The summed E-state index contributed by atoms with van der Waals surface area (Å²) in [6.45, 7) is 26.6. The maximum atomic E-state index is 12.8. The number of carbonyl (C=O) groups excluding carboxylic acids is 2. The zero-order valence-corrected chi connectivity index (χ0v) is 51.5. The van der Waals surface area contributed by atoms with E-state index in [1.54, 1.807) is 0 Å². The van der Waals surface area contributed by atoms with E-state index in [-0.39, 0.29) is 35.0 Å². The van der Waals surface area contributed by atoms with Crippen molar-refractivity contribution in [2.75, 3.05) is 0 Å². The van der Waals surface area contributed by atoms with Gasteiger partial charge in [-0.1, -0.05) is 314 Å². The van der Waals surface area contributed by atoms with Gasteiger partial charge in [0.1, 0.15) is 12.2 Å². The van der Waals surface area contributed by atoms with Crippen LogP contribution in [-0.2, 0) is 19.1 Å². The molecule has 0 aromatic rings. The molecule has 0 amide bonds. The molecule has 0 aromatic heterocycles. The molecule has 2 rings (SSSR count). The third kappa shape index (κ3) is 32.7. The first-order valence-electron chi connectivity index (χ1n) is 31.3. The Morgan fingerprint density at radius 1 is 0.408 bits per heavy atom. The number of ether oxygens (including phenoxy) is 2. The number of esters is 2. The molecule has 0 heterocycles. The van der Waals surface area contributed by atoms with Gasteiger partial charge in [0, 0.05) is 25.7 Å². The van der Waals surface area contributed by atoms with E-state index < -0.39 is 0 Å². The minimum Gasteiger partial charge on any atom is -0.462 e. The zero-order valence-electron chi connectivity index (χ0n) is 51.5. The monoisotopic (exact) mass is 1040 g/mol. The maximum Gasteiger partial charge on any atom is 0.306 e. The molecule has 0 spiro atoms. The minimum absolute atomic E-state index is 0.0252. The molecule has 0 fully saturated rings. The van der Waals surface area contributed by atoms with Crippen LogP contribution >= 0.6 is 0 Å². The lowest BCUT2D eigenvalue weighted by Crippen LogP contribution is -2.31. The van der Waals surface area contributed by atoms with Gasteiger partial charge in [-0.2, -0.15) is 0 Å². The van der Waals surface area contributed by atoms with Crippen molar-refractivity contribution in [3.63, 3.8) is 0 Å². The Balaban J connectivity index is 1.73. The predicted molar refractivity (Wildman–Crippen MR) is 333 cm³/mol. The quantitative estimate of drug-likeness (QED) is 0.0349. The van der Waals surface area contributed by atoms with Crippen molar-refractivity contribution >= 4 is 11.9 Å². The molecular formula is C72H116O4. The molecule has 4 heteroatoms. The van der Waals surface area contributed by atoms with Gasteiger partial charge in [-0.25, -0.2) is 0 Å². The second-order valence-corrected chi connectivity index (χ2v) is 24.6. The smallest absolute Gasteiger partial charge is 0.306 e. The van der Waals surface area contributed by atoms with E-state index in [2.05, 4.69) is 168 Å². The average Bonchev–Trinajstić information content (AvgIpc) is 3.34. The number of unbranched alkanes of at least 4 members (excludes halogenated alkanes) is 24. The maximum absolute atomic E-state index is 12.8. The van der Waals surface area contributed by atoms with Gasteiger partial charge < -0.3 is 9.47 Å². The largest absolute Gasteiger partial charge is 0.462 e. The molecule has 2 unspecified atom stereocenters. The van der Waals surface area contributed by atoms with Crippen molar-refractivity contribution in [2.24, 2.45) is 10.8 Å². The van der Waals surface area contributed by atoms with Crippen molar-refractivity contribution in [3.8, 4) is 0 Å². The van der Waals surface area contributed by atoms with E-state index in [4.69, 9.17) is 9.47 Å². The second kappa shape index (κ2) is 41.2. The molecule has 0 aliphatic heterocycles. The molecule has 0 bridgehead atoms. The molecule has 2 aliphatic carbocycles. The van der Waals surface area contributed by atoms with Gasteiger partial charge in [0.2, 0.25) is 0 Å². The van der Waals surface area contributed by atoms with Gasteiger partial charge in [0.15, 0.2) is 0 Å². The average molecular weight is 1050 g/mol. The van der Waals surface area contributed by atoms with E-state index in [1.807, 2.05) is 0 Å². The van der Waals surface area contributed by atoms with E-state index in [9.17, 15) is 9.59 Å². The van der Waals surface area contributed by atoms with Crippen LogP contribution in [0.5, 0.6) is 0 Å². The summed E-state index contributed by atoms with van der Waals surface area (Å²) in [4.78, 5) is 25.6. The minimum atomic E-state index is -0.0573. The fourth-order valence-electron chi connectivity index (χ4n) is 11.3. The summed E-state index contributed by atoms with van der Waals surface area (Å²) in [5.41, 5.74) is 9.98. The van der Waals surface area contributed by atoms with Gasteiger partial charge in [-0.15, -0.1) is 0 Å². The number of hydrogen-bond donors (Lipinski definition) is 0. The van der Waals surface area contributed by atoms with Crippen LogP contribution in [0.15, 0.2) is 130 Å². The van der Waals surface area contributed by atoms with Crippen LogP contribution in [0.2, 0.25) is 0 Å². The zero-order chi connectivity index (χ0) is 55.9. The molecule has 0 N–H and O–H groups in total. The summed E-state index contributed by atoms with van der Waals surface area (Å²) < 4.78 is 12.1. The van der Waals surface area contributed by atoms with Crippen molar-refractivity contribution in [1.82, 2.24) is 0 Å². The van der Waals surface area contributed by atoms with Crippen LogP contribution < -0.4 is 0 Å². The molecule has 0 radical (unpaired) electrons. The number of hydrogen-bond acceptors (Lipinski definition) is 4. The molecule has 0 aromatic carbocycles. The topological polar surface area (TPSA) is 52.6 Å². The highest BCUT2D eigenvalue weighted by Gasteiger charge is 2.35. The van der Waals surface area contributed by atoms with Crippen molar-refractivity contribution in [2.45, 2.75) is 301 Å². The van der Waals surface area contributed by atoms with Crippen LogP contribution in [-0.4, -0.2) is 24.1 Å². The van der Waals surface area contributed by atoms with Gasteiger partial charge in [-0.3, -0.25) is 9.59 Å². The molecule has 4 nitrogen and oxygen atoms in total. The fourth-order valence-corrected chi connectivity index (χ4v) is 11.3. The highest BCUT2D eigenvalue weighted by molar-refractivity contribution is 5.70. The summed E-state index contributed by atoms with van der Waals surface area (Å²) in [5, 5.41) is 0. The molecule has 0 saturated heterocycles. The number of allylic oxidation sites excluding steroid dienone is 20. The molecular weight excluding hydrogens is 929 g/mol. The van der Waals surface area contributed by atoms with Crippen molar-refractivity contribution in [1.29, 1.82) is 0 Å². The van der Waals surface area contributed by atoms with E-state index in [0.717, 1.165) is 51.4 Å². The highest BCUT2D eigenvalue weighted by Crippen LogP contribution is 2.43. The Labute approximate surface area is 470 Å². The van der Waals surface area contributed by atoms with Crippen LogP contribution in [0.25, 0.3) is 0 Å². The summed E-state index contributed by atoms with van der Waals surface area (Å²) in [6, 6.07) is 0. The van der Waals surface area contributed by atoms with Crippen LogP contribution in [0.3, 0.4) is 0 Å². The first-order chi connectivity index (χ1) is 36.5. The predicted octanol–water partition coefficient (Wildman–Crippen LogP) is 22.6. The first kappa shape index (κ1) is 68.2. The Hall–Kier alpha value is -3.92. The van der Waals surface area contributed by atoms with E-state index in [0.29, 0.717) is 12.8 Å². The van der Waals surface area contributed by atoms with Crippen LogP contribution in [0.4, 0.5) is 0 Å². The Morgan fingerprint density at radius 2 is 0.671 bits per heavy atom. The Kier molecular flexibility index (Phi) is 36.9. The SMILES string of the molecule is CCCCCCCCCCCCCCCC(=O)OC1CC(C)=C(/C=C/C(C)=C\C=C/C(C)=C/C=C/C=C(C)/C=C\C=C(C)/C=C/C2=C(C)CC(OC(=O)CCCCCCCCCCCCCCC)CC2(C)C)C(C)(C)C1. The lowest BCUT2D eigenvalue weighted by atomic mass is 9.71. The Bertz CT molecular complexity index is 1850. The Morgan fingerprint density at radius 3 is 0.961 bits per heavy atom. The summed E-state index contributed by atoms with van der Waals surface area (Å²) in [7, 11) is 0. The standard InChI is InChI=1S/C72H116O4/c1-13-15-17-19-21-23-25-27-29-31-33-35-37-49-69(73)75-65-55-63(7)67(71(9,10)57-65)53-51-61(5)47-41-45-59(3)43-39-40-44-60(4)46-42-48-62(6)52-54-68-64(8)56-66(58-72(68,11)12)76-70(74)50-38-36-34-32-30-28-26-24-22-20-18-16-14-2/h39-48,51-54,65-66H,13-38,49-50,55-58H2,1-12H3/b40-39+,45-41-,46-42-,53-51+,54-52+,59-43+,60-44+,61-47-,62-48-. The highest BCUT2D eigenvalue weighted by atomic mass is 16.5. The van der Waals surface area contributed by atoms with Crippen molar-refractivity contribution < 1.29 is 19.1 Å². The summed E-state index contributed by atoms with van der Waals surface area (Å²) in [5.74, 6) is -0.0504. The van der Waals surface area contributed by atoms with Crippen LogP contribution in [0.1, 0.15) is 289 Å². The normalized spacial score (nSPS) is 19.0. The number of carbonyl (C=O) groups is 2. The van der Waals surface area contributed by atoms with E-state index >= 15 is 0 Å². The van der Waals surface area contributed by atoms with Gasteiger partial charge >= 0.3 is 11.9 Å². The first-order valence-corrected chi connectivity index (χ1v) is 31.3. The van der Waals surface area contributed by atoms with Crippen molar-refractivity contribution in [3.05, 3.63) is 130 Å². The molecule has 76 heavy (non-hydrogen) atoms.